The molecule has 0 saturated heterocycles. The van der Waals surface area contributed by atoms with E-state index in [4.69, 9.17) is 0 Å². The molecule has 0 aromatic heterocycles. The van der Waals surface area contributed by atoms with Gasteiger partial charge in [-0.1, -0.05) is 30.7 Å². The van der Waals surface area contributed by atoms with Crippen LogP contribution in [0.3, 0.4) is 0 Å². The van der Waals surface area contributed by atoms with Gasteiger partial charge < -0.3 is 10.6 Å². The van der Waals surface area contributed by atoms with Crippen LogP contribution in [-0.4, -0.2) is 19.1 Å². The van der Waals surface area contributed by atoms with Crippen molar-refractivity contribution in [1.82, 2.24) is 10.6 Å². The number of rotatable bonds is 5. The zero-order chi connectivity index (χ0) is 16.4. The van der Waals surface area contributed by atoms with Gasteiger partial charge in [0.1, 0.15) is 0 Å². The number of hydrogen-bond donors (Lipinski definition) is 2. The first-order valence-electron chi connectivity index (χ1n) is 9.81. The molecule has 0 bridgehead atoms. The lowest BCUT2D eigenvalue weighted by molar-refractivity contribution is 0.222. The van der Waals surface area contributed by atoms with E-state index in [0.29, 0.717) is 17.3 Å². The van der Waals surface area contributed by atoms with E-state index in [-0.39, 0.29) is 6.03 Å². The molecule has 1 aromatic carbocycles. The van der Waals surface area contributed by atoms with Crippen LogP contribution in [0.1, 0.15) is 56.1 Å². The third kappa shape index (κ3) is 3.76. The van der Waals surface area contributed by atoms with E-state index in [1.807, 2.05) is 0 Å². The maximum Gasteiger partial charge on any atom is 0.314 e. The van der Waals surface area contributed by atoms with E-state index in [9.17, 15) is 4.79 Å². The Kier molecular flexibility index (Phi) is 4.51. The average molecular weight is 326 g/mol. The topological polar surface area (TPSA) is 41.1 Å². The summed E-state index contributed by atoms with van der Waals surface area (Å²) in [6.45, 7) is 1.65. The van der Waals surface area contributed by atoms with Crippen molar-refractivity contribution in [3.8, 4) is 0 Å². The summed E-state index contributed by atoms with van der Waals surface area (Å²) in [5.41, 5.74) is 3.69. The molecule has 130 valence electrons. The van der Waals surface area contributed by atoms with Gasteiger partial charge >= 0.3 is 6.03 Å². The molecule has 0 radical (unpaired) electrons. The zero-order valence-electron chi connectivity index (χ0n) is 14.7. The van der Waals surface area contributed by atoms with E-state index < -0.39 is 0 Å². The Balaban J connectivity index is 1.12. The number of amides is 2. The summed E-state index contributed by atoms with van der Waals surface area (Å²) in [5, 5.41) is 6.17. The molecule has 3 aliphatic rings. The highest BCUT2D eigenvalue weighted by molar-refractivity contribution is 5.73. The van der Waals surface area contributed by atoms with E-state index >= 15 is 0 Å². The Morgan fingerprint density at radius 3 is 2.50 bits per heavy atom. The molecule has 2 saturated carbocycles. The molecule has 3 nitrogen and oxygen atoms in total. The van der Waals surface area contributed by atoms with Gasteiger partial charge in [-0.05, 0) is 79.7 Å². The largest absolute Gasteiger partial charge is 0.338 e. The number of benzene rings is 1. The lowest BCUT2D eigenvalue weighted by Crippen LogP contribution is -2.40. The van der Waals surface area contributed by atoms with Crippen LogP contribution < -0.4 is 10.6 Å². The molecule has 4 rings (SSSR count). The number of hydrogen-bond acceptors (Lipinski definition) is 1. The molecule has 1 aromatic rings. The van der Waals surface area contributed by atoms with E-state index in [0.717, 1.165) is 19.5 Å². The second kappa shape index (κ2) is 6.78. The Bertz CT molecular complexity index is 568. The summed E-state index contributed by atoms with van der Waals surface area (Å²) in [6.07, 6.45) is 11.7. The van der Waals surface area contributed by atoms with Crippen molar-refractivity contribution in [1.29, 1.82) is 0 Å². The fraction of sp³-hybridized carbons (Fsp3) is 0.667. The predicted octanol–water partition coefficient (Wildman–Crippen LogP) is 4.06. The number of fused-ring (bicyclic) bond motifs is 1. The smallest absolute Gasteiger partial charge is 0.314 e. The van der Waals surface area contributed by atoms with Crippen LogP contribution in [-0.2, 0) is 12.8 Å². The summed E-state index contributed by atoms with van der Waals surface area (Å²) in [6, 6.07) is 8.77. The third-order valence-electron chi connectivity index (χ3n) is 6.52. The van der Waals surface area contributed by atoms with Crippen LogP contribution in [0.4, 0.5) is 4.79 Å². The minimum atomic E-state index is 0.0286. The van der Waals surface area contributed by atoms with Gasteiger partial charge in [-0.25, -0.2) is 4.79 Å². The molecule has 24 heavy (non-hydrogen) atoms. The van der Waals surface area contributed by atoms with Gasteiger partial charge in [0.2, 0.25) is 0 Å². The van der Waals surface area contributed by atoms with Gasteiger partial charge in [0.15, 0.2) is 0 Å². The van der Waals surface area contributed by atoms with Crippen molar-refractivity contribution in [2.24, 2.45) is 17.3 Å². The van der Waals surface area contributed by atoms with Gasteiger partial charge in [-0.3, -0.25) is 0 Å². The maximum absolute atomic E-state index is 12.0. The Morgan fingerprint density at radius 1 is 1.04 bits per heavy atom. The van der Waals surface area contributed by atoms with Crippen LogP contribution in [0.5, 0.6) is 0 Å². The molecule has 3 heteroatoms. The summed E-state index contributed by atoms with van der Waals surface area (Å²) in [5.74, 6) is 1.40. The van der Waals surface area contributed by atoms with E-state index in [1.54, 1.807) is 0 Å². The lowest BCUT2D eigenvalue weighted by atomic mass is 9.79. The first-order valence-corrected chi connectivity index (χ1v) is 9.81. The summed E-state index contributed by atoms with van der Waals surface area (Å²) < 4.78 is 0. The van der Waals surface area contributed by atoms with Crippen LogP contribution in [0.25, 0.3) is 0 Å². The highest BCUT2D eigenvalue weighted by Crippen LogP contribution is 2.57. The van der Waals surface area contributed by atoms with Crippen molar-refractivity contribution in [2.45, 2.75) is 57.8 Å². The molecule has 0 aliphatic heterocycles. The molecule has 1 atom stereocenters. The highest BCUT2D eigenvalue weighted by atomic mass is 16.2. The summed E-state index contributed by atoms with van der Waals surface area (Å²) in [4.78, 5) is 12.0. The monoisotopic (exact) mass is 326 g/mol. The number of urea groups is 1. The maximum atomic E-state index is 12.0. The fourth-order valence-corrected chi connectivity index (χ4v) is 4.93. The SMILES string of the molecule is O=C(NCCC1Cc2ccccc2C1)NCC1CCCC2(CC2)C1. The fourth-order valence-electron chi connectivity index (χ4n) is 4.93. The quantitative estimate of drug-likeness (QED) is 0.842. The Hall–Kier alpha value is -1.51. The van der Waals surface area contributed by atoms with Crippen molar-refractivity contribution in [2.75, 3.05) is 13.1 Å². The van der Waals surface area contributed by atoms with Crippen LogP contribution in [0, 0.1) is 17.3 Å². The molecular formula is C21H30N2O. The van der Waals surface area contributed by atoms with Crippen LogP contribution in [0.2, 0.25) is 0 Å². The first-order chi connectivity index (χ1) is 11.7. The van der Waals surface area contributed by atoms with Crippen LogP contribution >= 0.6 is 0 Å². The van der Waals surface area contributed by atoms with Crippen molar-refractivity contribution >= 4 is 6.03 Å². The van der Waals surface area contributed by atoms with Crippen molar-refractivity contribution in [3.63, 3.8) is 0 Å². The molecule has 2 amide bonds. The Labute approximate surface area is 145 Å². The second-order valence-corrected chi connectivity index (χ2v) is 8.43. The molecule has 2 N–H and O–H groups in total. The Morgan fingerprint density at radius 2 is 1.79 bits per heavy atom. The lowest BCUT2D eigenvalue weighted by Gasteiger charge is -2.29. The van der Waals surface area contributed by atoms with Crippen molar-refractivity contribution < 1.29 is 4.79 Å². The number of carbonyl (C=O) groups excluding carboxylic acids is 1. The summed E-state index contributed by atoms with van der Waals surface area (Å²) >= 11 is 0. The average Bonchev–Trinajstić information content (AvgIpc) is 3.19. The standard InChI is InChI=1S/C21H30N2O/c24-20(23-15-17-4-3-8-21(14-17)9-10-21)22-11-7-16-12-18-5-1-2-6-19(18)13-16/h1-2,5-6,16-17H,3-4,7-15H2,(H2,22,23,24). The van der Waals surface area contributed by atoms with Crippen LogP contribution in [0.15, 0.2) is 24.3 Å². The summed E-state index contributed by atoms with van der Waals surface area (Å²) in [7, 11) is 0. The van der Waals surface area contributed by atoms with Gasteiger partial charge in [-0.15, -0.1) is 0 Å². The minimum Gasteiger partial charge on any atom is -0.338 e. The van der Waals surface area contributed by atoms with E-state index in [1.165, 1.54) is 62.5 Å². The van der Waals surface area contributed by atoms with Gasteiger partial charge in [0.25, 0.3) is 0 Å². The molecular weight excluding hydrogens is 296 g/mol. The predicted molar refractivity (Wildman–Crippen MR) is 97.0 cm³/mol. The van der Waals surface area contributed by atoms with Gasteiger partial charge in [-0.2, -0.15) is 0 Å². The number of nitrogens with one attached hydrogen (secondary N) is 2. The first kappa shape index (κ1) is 16.0. The highest BCUT2D eigenvalue weighted by Gasteiger charge is 2.45. The van der Waals surface area contributed by atoms with Crippen molar-refractivity contribution in [3.05, 3.63) is 35.4 Å². The normalized spacial score (nSPS) is 24.6. The van der Waals surface area contributed by atoms with Gasteiger partial charge in [0.05, 0.1) is 0 Å². The second-order valence-electron chi connectivity index (χ2n) is 8.43. The minimum absolute atomic E-state index is 0.0286. The molecule has 3 aliphatic carbocycles. The molecule has 2 fully saturated rings. The van der Waals surface area contributed by atoms with Gasteiger partial charge in [0, 0.05) is 13.1 Å². The molecule has 0 heterocycles. The van der Waals surface area contributed by atoms with E-state index in [2.05, 4.69) is 34.9 Å². The molecule has 1 unspecified atom stereocenters. The third-order valence-corrected chi connectivity index (χ3v) is 6.52. The number of carbonyl (C=O) groups is 1. The molecule has 1 spiro atoms. The zero-order valence-corrected chi connectivity index (χ0v) is 14.7.